The summed E-state index contributed by atoms with van der Waals surface area (Å²) in [5.74, 6) is -12.9. The van der Waals surface area contributed by atoms with Crippen molar-refractivity contribution in [2.24, 2.45) is 5.92 Å². The normalized spacial score (nSPS) is 24.7. The maximum atomic E-state index is 14.7. The fourth-order valence-corrected chi connectivity index (χ4v) is 10.9. The second-order valence-electron chi connectivity index (χ2n) is 29.0. The van der Waals surface area contributed by atoms with Crippen molar-refractivity contribution in [3.63, 3.8) is 0 Å². The summed E-state index contributed by atoms with van der Waals surface area (Å²) in [7, 11) is 5.40. The molecule has 0 unspecified atom stereocenters. The van der Waals surface area contributed by atoms with Crippen LogP contribution in [0.15, 0.2) is 24.3 Å². The molecule has 16 atom stereocenters. The number of hydrogen-bond donors (Lipinski definition) is 16. The first-order valence-electron chi connectivity index (χ1n) is 34.6. The number of nitrogens with zero attached hydrogens (tertiary/aromatic N) is 3. The summed E-state index contributed by atoms with van der Waals surface area (Å²) in [5.41, 5.74) is -1.82. The topological polar surface area (TPSA) is 534 Å². The highest BCUT2D eigenvalue weighted by Crippen LogP contribution is 2.28. The van der Waals surface area contributed by atoms with Crippen molar-refractivity contribution in [3.05, 3.63) is 29.8 Å². The molecule has 38 nitrogen and oxygen atoms in total. The van der Waals surface area contributed by atoms with E-state index in [1.807, 2.05) is 0 Å². The van der Waals surface area contributed by atoms with E-state index in [-0.39, 0.29) is 108 Å². The van der Waals surface area contributed by atoms with Gasteiger partial charge < -0.3 is 131 Å². The molecule has 10 amide bonds. The molecular formula is C67H110N11O27+. The summed E-state index contributed by atoms with van der Waals surface area (Å²) in [6.07, 6.45) is -17.2. The van der Waals surface area contributed by atoms with Gasteiger partial charge >= 0.3 is 11.9 Å². The number of carbonyl (C=O) groups is 12. The summed E-state index contributed by atoms with van der Waals surface area (Å²) in [4.78, 5) is 165. The Bertz CT molecular complexity index is 3070. The minimum absolute atomic E-state index is 0.00768. The molecule has 3 saturated heterocycles. The molecule has 0 aliphatic carbocycles. The Balaban J connectivity index is 1.40. The molecule has 4 rings (SSSR count). The molecule has 594 valence electrons. The molecule has 38 heteroatoms. The van der Waals surface area contributed by atoms with Crippen molar-refractivity contribution in [1.82, 2.24) is 52.3 Å². The van der Waals surface area contributed by atoms with Gasteiger partial charge in [-0.3, -0.25) is 52.7 Å². The lowest BCUT2D eigenvalue weighted by Crippen LogP contribution is -2.64. The van der Waals surface area contributed by atoms with Crippen molar-refractivity contribution in [3.8, 4) is 5.75 Å². The number of likely N-dealkylation sites (N-methyl/N-ethyl adjacent to an activating group) is 1. The summed E-state index contributed by atoms with van der Waals surface area (Å²) in [6.45, 7) is 11.3. The predicted octanol–water partition coefficient (Wildman–Crippen LogP) is -6.78. The number of quaternary nitrogens is 1. The highest BCUT2D eigenvalue weighted by molar-refractivity contribution is 5.99. The van der Waals surface area contributed by atoms with Gasteiger partial charge in [-0.2, -0.15) is 0 Å². The molecule has 1 aromatic carbocycles. The van der Waals surface area contributed by atoms with Crippen molar-refractivity contribution in [2.75, 3.05) is 113 Å². The number of phenols is 1. The van der Waals surface area contributed by atoms with E-state index in [0.29, 0.717) is 0 Å². The molecule has 0 bridgehead atoms. The molecule has 16 N–H and O–H groups in total. The van der Waals surface area contributed by atoms with Crippen LogP contribution in [0.5, 0.6) is 5.75 Å². The third-order valence-electron chi connectivity index (χ3n) is 16.3. The lowest BCUT2D eigenvalue weighted by Gasteiger charge is -2.34. The number of carbonyl (C=O) groups excluding carboxylic acids is 12. The number of rotatable bonds is 33. The van der Waals surface area contributed by atoms with Gasteiger partial charge in [-0.1, -0.05) is 19.1 Å². The molecule has 3 heterocycles. The smallest absolute Gasteiger partial charge is 0.329 e. The number of nitrogens with one attached hydrogen (secondary N) is 8. The number of aliphatic hydroxyl groups is 7. The molecule has 0 spiro atoms. The summed E-state index contributed by atoms with van der Waals surface area (Å²) in [5, 5.41) is 109. The third-order valence-corrected chi connectivity index (χ3v) is 16.3. The second kappa shape index (κ2) is 41.9. The molecule has 1 aromatic rings. The molecule has 105 heavy (non-hydrogen) atoms. The molecule has 3 aliphatic heterocycles. The zero-order valence-electron chi connectivity index (χ0n) is 61.7. The number of esters is 2. The van der Waals surface area contributed by atoms with Crippen LogP contribution in [0, 0.1) is 5.92 Å². The maximum absolute atomic E-state index is 14.7. The third kappa shape index (κ3) is 30.9. The van der Waals surface area contributed by atoms with Crippen molar-refractivity contribution < 1.29 is 136 Å². The van der Waals surface area contributed by atoms with Gasteiger partial charge in [0.25, 0.3) is 0 Å². The van der Waals surface area contributed by atoms with Gasteiger partial charge in [0.2, 0.25) is 59.1 Å². The average Bonchev–Trinajstić information content (AvgIpc) is 1.59. The highest BCUT2D eigenvalue weighted by atomic mass is 16.6. The lowest BCUT2D eigenvalue weighted by atomic mass is 9.96. The number of aromatic hydroxyl groups is 1. The van der Waals surface area contributed by atoms with Crippen molar-refractivity contribution >= 4 is 71.0 Å². The standard InChI is InChI=1S/C67H109N11O27/c1-36-32-77-54(55(36)89)61(95)75-62(103-24-21-78(10,11)12)45(83)30-43(58(92)72-51(37(2)79)63(96)76-33-41(82)29-44(76)59(93)74-53(60(94)73-52(38(3)80)64(77)97)57(91)56(90)39-13-15-40(81)16-14-39)71-49(87)35-102-28-26-100-23-20-69-48(86)34-101-27-25-99-22-19-68-46(84)18-17-42(65(98)105-67(7,8)9)70-47(85)31-50(88)104-66(4,5)6/h13-16,36-38,41-45,51-57,62,79-80,82-83,89-91H,17-35H2,1-12H3,(H8-,68,69,70,71,72,73,74,75,81,84,85,86,87,92,93,94,95)/p+1/t36-,37+,38+,41+,42-,43-,44-,45+,51-,52-,53-,54-,55-,56-,57-,62+/m0/s1. The van der Waals surface area contributed by atoms with Gasteiger partial charge in [0, 0.05) is 51.4 Å². The average molecular weight is 1500 g/mol. The number of fused-ring (bicyclic) bond motifs is 2. The van der Waals surface area contributed by atoms with E-state index < -0.39 is 212 Å². The first-order valence-corrected chi connectivity index (χ1v) is 34.6. The van der Waals surface area contributed by atoms with E-state index in [9.17, 15) is 98.4 Å². The fraction of sp³-hybridized carbons (Fsp3) is 0.731. The SMILES string of the molecule is C[C@@H](O)[C@@H]1NC(=O)[C@H]([C@H](O)[C@@H](O)c2ccc(O)cc2)NC(=O)[C@@H]2C[C@@H](O)CN2C(=O)[C@H]([C@@H](C)O)NC(=O)[C@@H](NC(=O)COCCOCCNC(=O)COCCOCCNC(=O)CC[C@H](NC(=O)CC(=O)OC(C)(C)C)C(=O)OC(C)(C)C)C[C@@H](O)[C@@H](OCC[N+](C)(C)C)NC(=O)[C@@H]2[C@@H](O)[C@@H](C)CN2C1=O. The van der Waals surface area contributed by atoms with Crippen LogP contribution in [-0.2, 0) is 90.7 Å². The van der Waals surface area contributed by atoms with Crippen LogP contribution >= 0.6 is 0 Å². The molecule has 3 aliphatic rings. The van der Waals surface area contributed by atoms with Crippen LogP contribution in [-0.4, -0.2) is 336 Å². The van der Waals surface area contributed by atoms with Gasteiger partial charge in [-0.25, -0.2) is 4.79 Å². The number of hydrogen-bond acceptors (Lipinski definition) is 27. The van der Waals surface area contributed by atoms with E-state index >= 15 is 0 Å². The van der Waals surface area contributed by atoms with Crippen LogP contribution in [0.1, 0.15) is 106 Å². The zero-order valence-corrected chi connectivity index (χ0v) is 61.7. The number of ether oxygens (including phenoxy) is 7. The van der Waals surface area contributed by atoms with Crippen LogP contribution in [0.3, 0.4) is 0 Å². The monoisotopic (exact) mass is 1500 g/mol. The van der Waals surface area contributed by atoms with E-state index in [4.69, 9.17) is 33.2 Å². The number of phenolic OH excluding ortho intramolecular Hbond substituents is 1. The highest BCUT2D eigenvalue weighted by Gasteiger charge is 2.51. The second-order valence-corrected chi connectivity index (χ2v) is 29.0. The number of benzene rings is 1. The minimum atomic E-state index is -2.32. The van der Waals surface area contributed by atoms with Gasteiger partial charge in [0.05, 0.1) is 91.8 Å². The van der Waals surface area contributed by atoms with E-state index in [2.05, 4.69) is 42.5 Å². The first kappa shape index (κ1) is 89.5. The van der Waals surface area contributed by atoms with Crippen molar-refractivity contribution in [1.29, 1.82) is 0 Å². The molecule has 0 saturated carbocycles. The molecule has 0 radical (unpaired) electrons. The van der Waals surface area contributed by atoms with Crippen LogP contribution in [0.25, 0.3) is 0 Å². The Labute approximate surface area is 609 Å². The lowest BCUT2D eigenvalue weighted by molar-refractivity contribution is -0.870. The van der Waals surface area contributed by atoms with E-state index in [1.54, 1.807) is 62.7 Å². The Morgan fingerprint density at radius 1 is 0.619 bits per heavy atom. The van der Waals surface area contributed by atoms with E-state index in [1.165, 1.54) is 19.1 Å². The Hall–Kier alpha value is -7.86. The molecule has 3 fully saturated rings. The Morgan fingerprint density at radius 3 is 1.71 bits per heavy atom. The summed E-state index contributed by atoms with van der Waals surface area (Å²) >= 11 is 0. The van der Waals surface area contributed by atoms with Crippen LogP contribution in [0.2, 0.25) is 0 Å². The van der Waals surface area contributed by atoms with Crippen LogP contribution in [0.4, 0.5) is 0 Å². The summed E-state index contributed by atoms with van der Waals surface area (Å²) < 4.78 is 38.6. The largest absolute Gasteiger partial charge is 0.508 e. The maximum Gasteiger partial charge on any atom is 0.329 e. The quantitative estimate of drug-likeness (QED) is 0.0135. The summed E-state index contributed by atoms with van der Waals surface area (Å²) in [6, 6.07) is -8.34. The predicted molar refractivity (Wildman–Crippen MR) is 365 cm³/mol. The number of amides is 10. The van der Waals surface area contributed by atoms with Gasteiger partial charge in [-0.05, 0) is 79.5 Å². The number of aliphatic hydroxyl groups excluding tert-OH is 7. The molecule has 0 aromatic heterocycles. The van der Waals surface area contributed by atoms with Gasteiger partial charge in [0.1, 0.15) is 104 Å². The Morgan fingerprint density at radius 2 is 1.15 bits per heavy atom. The Kier molecular flexibility index (Phi) is 35.7. The fourth-order valence-electron chi connectivity index (χ4n) is 10.9. The van der Waals surface area contributed by atoms with E-state index in [0.717, 1.165) is 35.8 Å². The zero-order chi connectivity index (χ0) is 78.8. The molecular weight excluding hydrogens is 1390 g/mol. The van der Waals surface area contributed by atoms with Crippen molar-refractivity contribution in [2.45, 2.75) is 197 Å². The minimum Gasteiger partial charge on any atom is -0.508 e. The first-order chi connectivity index (χ1) is 49.0. The van der Waals surface area contributed by atoms with Gasteiger partial charge in [-0.15, -0.1) is 0 Å². The van der Waals surface area contributed by atoms with Crippen LogP contribution < -0.4 is 42.5 Å². The van der Waals surface area contributed by atoms with Gasteiger partial charge in [0.15, 0.2) is 6.23 Å².